The van der Waals surface area contributed by atoms with Crippen molar-refractivity contribution in [3.8, 4) is 33.6 Å². The molecule has 0 unspecified atom stereocenters. The molecular weight excluding hydrogens is 799 g/mol. The highest BCUT2D eigenvalue weighted by Gasteiger charge is 2.41. The molecule has 2 aliphatic rings. The number of aliphatic imine (C=N–C) groups is 1. The largest absolute Gasteiger partial charge is 0.453 e. The standard InChI is InChI=1S/C48H51N9O6/c1-28(2)41(54-47(60)62-4)45(58)56-21-9-12-39(56)43-50-26-38(53-43)35-20-19-33-22-32(17-18-34(33)23-35)29-13-15-30(16-14-29)37-25-51-44(52-37)40-24-36(49-3)27-57(40)46(59)42(55-48(61)63-5)31-10-7-6-8-11-31/h6-8,10-11,13-20,22-23,25-26,28,36,39-42H,3,9,12,21,24,27H2,1-2,4-5H3,(H,50,53)(H,51,52)(H,54,60)(H,55,61)/t36-,39-,40-,41-,42+/m0/s1. The number of hydrogen-bond acceptors (Lipinski definition) is 9. The molecule has 2 aliphatic heterocycles. The molecule has 0 aliphatic carbocycles. The maximum Gasteiger partial charge on any atom is 0.407 e. The Morgan fingerprint density at radius 1 is 0.730 bits per heavy atom. The quantitative estimate of drug-likeness (QED) is 0.0900. The van der Waals surface area contributed by atoms with Crippen LogP contribution in [0.25, 0.3) is 44.4 Å². The van der Waals surface area contributed by atoms with E-state index in [9.17, 15) is 19.2 Å². The third-order valence-corrected chi connectivity index (χ3v) is 12.1. The van der Waals surface area contributed by atoms with Gasteiger partial charge in [0.15, 0.2) is 0 Å². The minimum Gasteiger partial charge on any atom is -0.453 e. The van der Waals surface area contributed by atoms with Gasteiger partial charge in [0.05, 0.1) is 56.1 Å². The van der Waals surface area contributed by atoms with Gasteiger partial charge < -0.3 is 39.9 Å². The Morgan fingerprint density at radius 2 is 1.32 bits per heavy atom. The van der Waals surface area contributed by atoms with E-state index in [-0.39, 0.29) is 29.8 Å². The molecule has 2 fully saturated rings. The maximum atomic E-state index is 14.1. The minimum atomic E-state index is -0.954. The molecule has 15 nitrogen and oxygen atoms in total. The van der Waals surface area contributed by atoms with Gasteiger partial charge in [-0.3, -0.25) is 14.6 Å². The third kappa shape index (κ3) is 8.90. The smallest absolute Gasteiger partial charge is 0.407 e. The van der Waals surface area contributed by atoms with Crippen molar-refractivity contribution in [2.75, 3.05) is 27.3 Å². The van der Waals surface area contributed by atoms with Gasteiger partial charge in [0, 0.05) is 18.7 Å². The van der Waals surface area contributed by atoms with Gasteiger partial charge >= 0.3 is 12.2 Å². The molecule has 2 aromatic heterocycles. The summed E-state index contributed by atoms with van der Waals surface area (Å²) >= 11 is 0. The normalized spacial score (nSPS) is 18.3. The van der Waals surface area contributed by atoms with Crippen LogP contribution in [0.5, 0.6) is 0 Å². The van der Waals surface area contributed by atoms with Crippen LogP contribution in [0, 0.1) is 5.92 Å². The van der Waals surface area contributed by atoms with Crippen LogP contribution in [0.3, 0.4) is 0 Å². The fourth-order valence-electron chi connectivity index (χ4n) is 8.66. The number of rotatable bonds is 12. The zero-order valence-electron chi connectivity index (χ0n) is 35.7. The van der Waals surface area contributed by atoms with Gasteiger partial charge in [-0.1, -0.05) is 92.7 Å². The van der Waals surface area contributed by atoms with Crippen molar-refractivity contribution in [2.24, 2.45) is 10.9 Å². The first-order valence-corrected chi connectivity index (χ1v) is 21.1. The van der Waals surface area contributed by atoms with Gasteiger partial charge in [-0.15, -0.1) is 0 Å². The van der Waals surface area contributed by atoms with E-state index >= 15 is 0 Å². The number of alkyl carbamates (subject to hydrolysis) is 2. The van der Waals surface area contributed by atoms with Crippen molar-refractivity contribution in [3.05, 3.63) is 121 Å². The lowest BCUT2D eigenvalue weighted by Gasteiger charge is -2.30. The lowest BCUT2D eigenvalue weighted by atomic mass is 9.98. The summed E-state index contributed by atoms with van der Waals surface area (Å²) in [7, 11) is 2.56. The first kappa shape index (κ1) is 42.4. The van der Waals surface area contributed by atoms with Gasteiger partial charge in [-0.2, -0.15) is 0 Å². The number of aromatic amines is 2. The molecule has 4 heterocycles. The average molecular weight is 850 g/mol. The molecule has 0 spiro atoms. The number of fused-ring (bicyclic) bond motifs is 1. The topological polar surface area (TPSA) is 187 Å². The first-order chi connectivity index (χ1) is 30.5. The van der Waals surface area contributed by atoms with Gasteiger partial charge in [-0.25, -0.2) is 19.6 Å². The van der Waals surface area contributed by atoms with E-state index in [1.54, 1.807) is 23.2 Å². The number of ether oxygens (including phenoxy) is 2. The minimum absolute atomic E-state index is 0.113. The Hall–Kier alpha value is -7.29. The number of carbonyl (C=O) groups excluding carboxylic acids is 4. The van der Waals surface area contributed by atoms with Crippen LogP contribution in [0.1, 0.15) is 68.4 Å². The maximum absolute atomic E-state index is 14.1. The molecule has 4 N–H and O–H groups in total. The summed E-state index contributed by atoms with van der Waals surface area (Å²) in [5.74, 6) is 0.797. The summed E-state index contributed by atoms with van der Waals surface area (Å²) < 4.78 is 9.62. The molecule has 5 atom stereocenters. The lowest BCUT2D eigenvalue weighted by Crippen LogP contribution is -2.51. The van der Waals surface area contributed by atoms with E-state index in [0.29, 0.717) is 30.9 Å². The van der Waals surface area contributed by atoms with Crippen LogP contribution in [0.4, 0.5) is 9.59 Å². The van der Waals surface area contributed by atoms with Crippen LogP contribution >= 0.6 is 0 Å². The molecule has 2 saturated heterocycles. The second-order valence-corrected chi connectivity index (χ2v) is 16.3. The summed E-state index contributed by atoms with van der Waals surface area (Å²) in [6.45, 7) is 8.48. The molecule has 15 heteroatoms. The Morgan fingerprint density at radius 3 is 1.97 bits per heavy atom. The summed E-state index contributed by atoms with van der Waals surface area (Å²) in [5.41, 5.74) is 6.35. The van der Waals surface area contributed by atoms with Gasteiger partial charge in [0.25, 0.3) is 5.91 Å². The number of nitrogens with one attached hydrogen (secondary N) is 4. The number of amides is 4. The average Bonchev–Trinajstić information content (AvgIpc) is 4.16. The Balaban J connectivity index is 0.958. The van der Waals surface area contributed by atoms with E-state index in [1.165, 1.54) is 14.2 Å². The van der Waals surface area contributed by atoms with E-state index in [0.717, 1.165) is 63.1 Å². The van der Waals surface area contributed by atoms with Crippen molar-refractivity contribution in [2.45, 2.75) is 63.3 Å². The fourth-order valence-corrected chi connectivity index (χ4v) is 8.66. The van der Waals surface area contributed by atoms with Gasteiger partial charge in [0.1, 0.15) is 23.7 Å². The number of benzene rings is 4. The number of likely N-dealkylation sites (tertiary alicyclic amines) is 2. The SMILES string of the molecule is C=N[C@H]1C[C@@H](c2ncc(-c3ccc(-c4ccc5cc(-c6cnc([C@@H]7CCCN7C(=O)[C@@H](NC(=O)OC)C(C)C)[nH]6)ccc5c4)cc3)[nH]2)N(C(=O)[C@H](NC(=O)OC)c2ccccc2)C1. The highest BCUT2D eigenvalue weighted by Crippen LogP contribution is 2.37. The van der Waals surface area contributed by atoms with E-state index < -0.39 is 30.3 Å². The molecule has 6 aromatic rings. The molecule has 4 amide bonds. The number of carbonyl (C=O) groups is 4. The highest BCUT2D eigenvalue weighted by atomic mass is 16.5. The van der Waals surface area contributed by atoms with E-state index in [2.05, 4.69) is 80.8 Å². The van der Waals surface area contributed by atoms with E-state index in [1.807, 2.05) is 55.3 Å². The number of aromatic nitrogens is 4. The molecule has 4 aromatic carbocycles. The molecule has 0 radical (unpaired) electrons. The van der Waals surface area contributed by atoms with Crippen LogP contribution in [-0.4, -0.2) is 99.8 Å². The Bertz CT molecular complexity index is 2620. The van der Waals surface area contributed by atoms with Gasteiger partial charge in [-0.05, 0) is 77.1 Å². The number of H-pyrrole nitrogens is 2. The molecule has 324 valence electrons. The Labute approximate surface area is 365 Å². The molecule has 0 bridgehead atoms. The lowest BCUT2D eigenvalue weighted by molar-refractivity contribution is -0.136. The third-order valence-electron chi connectivity index (χ3n) is 12.1. The fraction of sp³-hybridized carbons (Fsp3) is 0.312. The number of hydrogen-bond donors (Lipinski definition) is 4. The summed E-state index contributed by atoms with van der Waals surface area (Å²) in [5, 5.41) is 7.57. The molecular formula is C48H51N9O6. The Kier molecular flexibility index (Phi) is 12.4. The molecule has 8 rings (SSSR count). The van der Waals surface area contributed by atoms with E-state index in [4.69, 9.17) is 19.4 Å². The van der Waals surface area contributed by atoms with Crippen LogP contribution in [-0.2, 0) is 19.1 Å². The molecule has 0 saturated carbocycles. The zero-order chi connectivity index (χ0) is 44.2. The summed E-state index contributed by atoms with van der Waals surface area (Å²) in [6, 6.07) is 27.5. The van der Waals surface area contributed by atoms with Crippen molar-refractivity contribution < 1.29 is 28.7 Å². The highest BCUT2D eigenvalue weighted by molar-refractivity contribution is 5.91. The predicted octanol–water partition coefficient (Wildman–Crippen LogP) is 7.77. The summed E-state index contributed by atoms with van der Waals surface area (Å²) in [6.07, 6.45) is 4.41. The van der Waals surface area contributed by atoms with Gasteiger partial charge in [0.2, 0.25) is 5.91 Å². The second kappa shape index (κ2) is 18.4. The number of methoxy groups -OCH3 is 2. The molecule has 63 heavy (non-hydrogen) atoms. The van der Waals surface area contributed by atoms with Crippen LogP contribution in [0.2, 0.25) is 0 Å². The number of imidazole rings is 2. The number of nitrogens with zero attached hydrogens (tertiary/aromatic N) is 5. The van der Waals surface area contributed by atoms with Crippen molar-refractivity contribution in [1.82, 2.24) is 40.4 Å². The zero-order valence-corrected chi connectivity index (χ0v) is 35.7. The van der Waals surface area contributed by atoms with Crippen LogP contribution < -0.4 is 10.6 Å². The monoisotopic (exact) mass is 849 g/mol. The summed E-state index contributed by atoms with van der Waals surface area (Å²) in [4.78, 5) is 76.2. The second-order valence-electron chi connectivity index (χ2n) is 16.3. The first-order valence-electron chi connectivity index (χ1n) is 21.1. The predicted molar refractivity (Wildman–Crippen MR) is 240 cm³/mol. The van der Waals surface area contributed by atoms with Crippen molar-refractivity contribution in [3.63, 3.8) is 0 Å². The van der Waals surface area contributed by atoms with Crippen molar-refractivity contribution in [1.29, 1.82) is 0 Å². The van der Waals surface area contributed by atoms with Crippen LogP contribution in [0.15, 0.2) is 108 Å². The van der Waals surface area contributed by atoms with Crippen molar-refractivity contribution >= 4 is 41.5 Å².